The summed E-state index contributed by atoms with van der Waals surface area (Å²) in [5.74, 6) is 0.00231. The predicted molar refractivity (Wildman–Crippen MR) is 69.8 cm³/mol. The molecule has 1 aromatic carbocycles. The molecule has 0 aliphatic carbocycles. The van der Waals surface area contributed by atoms with Crippen molar-refractivity contribution in [3.63, 3.8) is 0 Å². The molecule has 1 aromatic heterocycles. The van der Waals surface area contributed by atoms with Crippen LogP contribution in [0, 0.1) is 13.8 Å². The summed E-state index contributed by atoms with van der Waals surface area (Å²) in [7, 11) is 1.85. The van der Waals surface area contributed by atoms with Gasteiger partial charge < -0.3 is 4.57 Å². The summed E-state index contributed by atoms with van der Waals surface area (Å²) in [6, 6.07) is 9.27. The second-order valence-corrected chi connectivity index (χ2v) is 4.62. The van der Waals surface area contributed by atoms with Crippen LogP contribution in [-0.4, -0.2) is 10.4 Å². The molecule has 2 nitrogen and oxygen atoms in total. The molecule has 0 N–H and O–H groups in total. The molecule has 0 fully saturated rings. The van der Waals surface area contributed by atoms with Gasteiger partial charge in [0.2, 0.25) is 5.78 Å². The van der Waals surface area contributed by atoms with Crippen molar-refractivity contribution in [3.8, 4) is 0 Å². The maximum Gasteiger partial charge on any atom is 0.209 e. The topological polar surface area (TPSA) is 22.0 Å². The van der Waals surface area contributed by atoms with Crippen molar-refractivity contribution in [1.82, 2.24) is 4.57 Å². The Morgan fingerprint density at radius 2 is 1.76 bits per heavy atom. The average Bonchev–Trinajstić information content (AvgIpc) is 2.57. The molecule has 0 saturated heterocycles. The second kappa shape index (κ2) is 4.38. The van der Waals surface area contributed by atoms with Gasteiger partial charge in [0.25, 0.3) is 0 Å². The fourth-order valence-electron chi connectivity index (χ4n) is 1.73. The molecule has 0 aliphatic rings. The number of hydrogen-bond acceptors (Lipinski definition) is 1. The number of rotatable bonds is 2. The van der Waals surface area contributed by atoms with Gasteiger partial charge in [-0.2, -0.15) is 0 Å². The molecule has 0 saturated carbocycles. The van der Waals surface area contributed by atoms with Crippen LogP contribution in [0.4, 0.5) is 0 Å². The number of aromatic nitrogens is 1. The largest absolute Gasteiger partial charge is 0.344 e. The van der Waals surface area contributed by atoms with Crippen molar-refractivity contribution in [2.75, 3.05) is 0 Å². The van der Waals surface area contributed by atoms with Gasteiger partial charge in [-0.1, -0.05) is 41.4 Å². The maximum atomic E-state index is 12.3. The minimum Gasteiger partial charge on any atom is -0.344 e. The third-order valence-electron chi connectivity index (χ3n) is 3.02. The first-order valence-electron chi connectivity index (χ1n) is 5.44. The summed E-state index contributed by atoms with van der Waals surface area (Å²) >= 11 is 6.02. The summed E-state index contributed by atoms with van der Waals surface area (Å²) in [4.78, 5) is 12.3. The quantitative estimate of drug-likeness (QED) is 0.745. The summed E-state index contributed by atoms with van der Waals surface area (Å²) in [6.45, 7) is 3.89. The highest BCUT2D eigenvalue weighted by Crippen LogP contribution is 2.21. The lowest BCUT2D eigenvalue weighted by atomic mass is 10.1. The second-order valence-electron chi connectivity index (χ2n) is 4.22. The molecule has 0 aliphatic heterocycles. The number of carbonyl (C=O) groups excluding carboxylic acids is 1. The standard InChI is InChI=1S/C14H14ClNO/c1-9-4-6-11(7-5-9)14(17)13-8-12(15)10(2)16(13)3/h4-8H,1-3H3. The summed E-state index contributed by atoms with van der Waals surface area (Å²) in [5.41, 5.74) is 3.36. The van der Waals surface area contributed by atoms with Gasteiger partial charge in [-0.3, -0.25) is 4.79 Å². The van der Waals surface area contributed by atoms with Crippen molar-refractivity contribution in [2.24, 2.45) is 7.05 Å². The third-order valence-corrected chi connectivity index (χ3v) is 3.40. The smallest absolute Gasteiger partial charge is 0.209 e. The molecule has 0 unspecified atom stereocenters. The van der Waals surface area contributed by atoms with Crippen LogP contribution in [0.5, 0.6) is 0 Å². The molecular formula is C14H14ClNO. The van der Waals surface area contributed by atoms with E-state index in [2.05, 4.69) is 0 Å². The zero-order valence-corrected chi connectivity index (χ0v) is 10.9. The van der Waals surface area contributed by atoms with Crippen molar-refractivity contribution in [1.29, 1.82) is 0 Å². The van der Waals surface area contributed by atoms with Crippen LogP contribution < -0.4 is 0 Å². The predicted octanol–water partition coefficient (Wildman–Crippen LogP) is 3.53. The number of hydrogen-bond donors (Lipinski definition) is 0. The normalized spacial score (nSPS) is 10.6. The van der Waals surface area contributed by atoms with Gasteiger partial charge in [-0.15, -0.1) is 0 Å². The number of halogens is 1. The van der Waals surface area contributed by atoms with Gasteiger partial charge in [-0.25, -0.2) is 0 Å². The van der Waals surface area contributed by atoms with Crippen LogP contribution in [0.15, 0.2) is 30.3 Å². The molecule has 0 radical (unpaired) electrons. The minimum absolute atomic E-state index is 0.00231. The fourth-order valence-corrected chi connectivity index (χ4v) is 1.96. The van der Waals surface area contributed by atoms with E-state index in [9.17, 15) is 4.79 Å². The maximum absolute atomic E-state index is 12.3. The number of aryl methyl sites for hydroxylation is 1. The SMILES string of the molecule is Cc1ccc(C(=O)c2cc(Cl)c(C)n2C)cc1. The van der Waals surface area contributed by atoms with Crippen LogP contribution in [0.3, 0.4) is 0 Å². The Balaban J connectivity index is 2.44. The Labute approximate surface area is 106 Å². The average molecular weight is 248 g/mol. The lowest BCUT2D eigenvalue weighted by molar-refractivity contribution is 0.103. The zero-order chi connectivity index (χ0) is 12.6. The minimum atomic E-state index is 0.00231. The van der Waals surface area contributed by atoms with Crippen LogP contribution >= 0.6 is 11.6 Å². The number of ketones is 1. The molecule has 0 atom stereocenters. The molecule has 0 bridgehead atoms. The van der Waals surface area contributed by atoms with Crippen LogP contribution in [-0.2, 0) is 7.05 Å². The number of benzene rings is 1. The number of nitrogens with zero attached hydrogens (tertiary/aromatic N) is 1. The first kappa shape index (κ1) is 11.9. The molecule has 1 heterocycles. The van der Waals surface area contributed by atoms with E-state index in [-0.39, 0.29) is 5.78 Å². The first-order valence-corrected chi connectivity index (χ1v) is 5.81. The van der Waals surface area contributed by atoms with Gasteiger partial charge in [0, 0.05) is 18.3 Å². The molecule has 0 amide bonds. The lowest BCUT2D eigenvalue weighted by Crippen LogP contribution is -2.07. The zero-order valence-electron chi connectivity index (χ0n) is 10.1. The Hall–Kier alpha value is -1.54. The van der Waals surface area contributed by atoms with Crippen molar-refractivity contribution in [3.05, 3.63) is 57.9 Å². The number of carbonyl (C=O) groups is 1. The molecule has 2 rings (SSSR count). The van der Waals surface area contributed by atoms with E-state index in [1.807, 2.05) is 49.7 Å². The third kappa shape index (κ3) is 2.13. The molecule has 0 spiro atoms. The fraction of sp³-hybridized carbons (Fsp3) is 0.214. The van der Waals surface area contributed by atoms with Gasteiger partial charge >= 0.3 is 0 Å². The van der Waals surface area contributed by atoms with E-state index in [0.717, 1.165) is 11.3 Å². The van der Waals surface area contributed by atoms with E-state index >= 15 is 0 Å². The molecule has 88 valence electrons. The van der Waals surface area contributed by atoms with Gasteiger partial charge in [-0.05, 0) is 19.9 Å². The summed E-state index contributed by atoms with van der Waals surface area (Å²) in [5, 5.41) is 0.628. The van der Waals surface area contributed by atoms with Crippen molar-refractivity contribution in [2.45, 2.75) is 13.8 Å². The molecule has 17 heavy (non-hydrogen) atoms. The Morgan fingerprint density at radius 3 is 2.24 bits per heavy atom. The highest BCUT2D eigenvalue weighted by Gasteiger charge is 2.15. The lowest BCUT2D eigenvalue weighted by Gasteiger charge is -2.04. The van der Waals surface area contributed by atoms with E-state index in [1.165, 1.54) is 0 Å². The Bertz CT molecular complexity index is 567. The van der Waals surface area contributed by atoms with Crippen molar-refractivity contribution < 1.29 is 4.79 Å². The van der Waals surface area contributed by atoms with Crippen LogP contribution in [0.2, 0.25) is 5.02 Å². The van der Waals surface area contributed by atoms with Gasteiger partial charge in [0.1, 0.15) is 0 Å². The molecule has 2 aromatic rings. The van der Waals surface area contributed by atoms with E-state index in [0.29, 0.717) is 16.3 Å². The molecule has 3 heteroatoms. The van der Waals surface area contributed by atoms with E-state index < -0.39 is 0 Å². The van der Waals surface area contributed by atoms with Crippen LogP contribution in [0.1, 0.15) is 27.3 Å². The molecular weight excluding hydrogens is 234 g/mol. The van der Waals surface area contributed by atoms with Gasteiger partial charge in [0.05, 0.1) is 10.7 Å². The van der Waals surface area contributed by atoms with E-state index in [4.69, 9.17) is 11.6 Å². The first-order chi connectivity index (χ1) is 8.00. The summed E-state index contributed by atoms with van der Waals surface area (Å²) < 4.78 is 1.82. The van der Waals surface area contributed by atoms with Crippen molar-refractivity contribution >= 4 is 17.4 Å². The monoisotopic (exact) mass is 247 g/mol. The van der Waals surface area contributed by atoms with Gasteiger partial charge in [0.15, 0.2) is 0 Å². The Kier molecular flexibility index (Phi) is 3.07. The van der Waals surface area contributed by atoms with Crippen LogP contribution in [0.25, 0.3) is 0 Å². The highest BCUT2D eigenvalue weighted by atomic mass is 35.5. The van der Waals surface area contributed by atoms with E-state index in [1.54, 1.807) is 6.07 Å². The Morgan fingerprint density at radius 1 is 1.18 bits per heavy atom. The highest BCUT2D eigenvalue weighted by molar-refractivity contribution is 6.32. The summed E-state index contributed by atoms with van der Waals surface area (Å²) in [6.07, 6.45) is 0.